The maximum absolute atomic E-state index is 12.3. The molecule has 1 amide bonds. The Hall–Kier alpha value is -2.34. The van der Waals surface area contributed by atoms with Gasteiger partial charge in [-0.15, -0.1) is 0 Å². The van der Waals surface area contributed by atoms with Gasteiger partial charge in [-0.05, 0) is 54.7 Å². The Kier molecular flexibility index (Phi) is 6.65. The summed E-state index contributed by atoms with van der Waals surface area (Å²) >= 11 is 0. The van der Waals surface area contributed by atoms with Gasteiger partial charge in [-0.2, -0.15) is 0 Å². The highest BCUT2D eigenvalue weighted by Crippen LogP contribution is 2.25. The number of carbonyl (C=O) groups excluding carboxylic acids is 1. The van der Waals surface area contributed by atoms with E-state index in [1.54, 1.807) is 19.1 Å². The first-order valence-corrected chi connectivity index (χ1v) is 10.8. The number of ether oxygens (including phenoxy) is 1. The quantitative estimate of drug-likeness (QED) is 0.785. The zero-order valence-electron chi connectivity index (χ0n) is 16.4. The van der Waals surface area contributed by atoms with Crippen molar-refractivity contribution in [3.05, 3.63) is 59.2 Å². The lowest BCUT2D eigenvalue weighted by molar-refractivity contribution is -0.127. The fraction of sp³-hybridized carbons (Fsp3) is 0.381. The van der Waals surface area contributed by atoms with Crippen molar-refractivity contribution < 1.29 is 17.9 Å². The molecule has 0 radical (unpaired) electrons. The molecule has 0 bridgehead atoms. The van der Waals surface area contributed by atoms with E-state index in [9.17, 15) is 13.2 Å². The molecule has 0 spiro atoms. The summed E-state index contributed by atoms with van der Waals surface area (Å²) in [6.45, 7) is 8.19. The Morgan fingerprint density at radius 1 is 1.07 bits per heavy atom. The Morgan fingerprint density at radius 3 is 2.26 bits per heavy atom. The molecule has 2 aromatic rings. The Balaban J connectivity index is 1.97. The third-order valence-electron chi connectivity index (χ3n) is 4.37. The number of sulfone groups is 1. The van der Waals surface area contributed by atoms with Gasteiger partial charge in [0.25, 0.3) is 5.91 Å². The van der Waals surface area contributed by atoms with Crippen LogP contribution in [0.15, 0.2) is 47.4 Å². The molecular formula is C21H27NO4S. The first kappa shape index (κ1) is 21.0. The van der Waals surface area contributed by atoms with Crippen molar-refractivity contribution in [1.82, 2.24) is 5.32 Å². The molecule has 2 rings (SSSR count). The van der Waals surface area contributed by atoms with E-state index in [-0.39, 0.29) is 10.8 Å². The highest BCUT2D eigenvalue weighted by atomic mass is 32.2. The summed E-state index contributed by atoms with van der Waals surface area (Å²) in [5, 5.41) is 2.82. The number of carbonyl (C=O) groups is 1. The first-order valence-electron chi connectivity index (χ1n) is 8.92. The fourth-order valence-electron chi connectivity index (χ4n) is 2.53. The minimum atomic E-state index is -3.22. The molecule has 0 saturated heterocycles. The first-order chi connectivity index (χ1) is 12.6. The van der Waals surface area contributed by atoms with Crippen molar-refractivity contribution in [2.24, 2.45) is 0 Å². The average Bonchev–Trinajstić information content (AvgIpc) is 2.60. The monoisotopic (exact) mass is 389 g/mol. The molecule has 1 atom stereocenters. The highest BCUT2D eigenvalue weighted by molar-refractivity contribution is 7.90. The molecule has 1 unspecified atom stereocenters. The Labute approximate surface area is 161 Å². The van der Waals surface area contributed by atoms with Crippen LogP contribution in [0.4, 0.5) is 0 Å². The number of amides is 1. The predicted octanol–water partition coefficient (Wildman–Crippen LogP) is 3.61. The van der Waals surface area contributed by atoms with Gasteiger partial charge < -0.3 is 10.1 Å². The van der Waals surface area contributed by atoms with Gasteiger partial charge in [0.05, 0.1) is 4.90 Å². The number of nitrogens with one attached hydrogen (secondary N) is 1. The highest BCUT2D eigenvalue weighted by Gasteiger charge is 2.16. The molecule has 0 fully saturated rings. The van der Waals surface area contributed by atoms with Crippen molar-refractivity contribution in [1.29, 1.82) is 0 Å². The smallest absolute Gasteiger partial charge is 0.261 e. The summed E-state index contributed by atoms with van der Waals surface area (Å²) in [5.74, 6) is 0.866. The number of hydrogen-bond donors (Lipinski definition) is 1. The van der Waals surface area contributed by atoms with Gasteiger partial charge in [0.15, 0.2) is 15.9 Å². The normalized spacial score (nSPS) is 12.7. The molecule has 27 heavy (non-hydrogen) atoms. The van der Waals surface area contributed by atoms with Crippen LogP contribution in [-0.2, 0) is 21.2 Å². The van der Waals surface area contributed by atoms with Crippen LogP contribution in [0, 0.1) is 6.92 Å². The molecule has 1 N–H and O–H groups in total. The van der Waals surface area contributed by atoms with E-state index in [1.807, 2.05) is 19.1 Å². The molecule has 0 aliphatic carbocycles. The van der Waals surface area contributed by atoms with E-state index in [0.29, 0.717) is 18.2 Å². The van der Waals surface area contributed by atoms with Gasteiger partial charge in [0, 0.05) is 12.8 Å². The summed E-state index contributed by atoms with van der Waals surface area (Å²) in [4.78, 5) is 12.6. The lowest BCUT2D eigenvalue weighted by Gasteiger charge is -2.18. The second-order valence-electron chi connectivity index (χ2n) is 7.07. The van der Waals surface area contributed by atoms with E-state index in [1.165, 1.54) is 18.4 Å². The lowest BCUT2D eigenvalue weighted by atomic mass is 10.0. The molecule has 6 heteroatoms. The van der Waals surface area contributed by atoms with Crippen molar-refractivity contribution in [3.8, 4) is 5.75 Å². The van der Waals surface area contributed by atoms with Crippen LogP contribution in [-0.4, -0.2) is 26.7 Å². The van der Waals surface area contributed by atoms with Crippen LogP contribution < -0.4 is 10.1 Å². The predicted molar refractivity (Wildman–Crippen MR) is 107 cm³/mol. The number of hydrogen-bond acceptors (Lipinski definition) is 4. The van der Waals surface area contributed by atoms with Crippen molar-refractivity contribution in [3.63, 3.8) is 0 Å². The van der Waals surface area contributed by atoms with Gasteiger partial charge in [0.1, 0.15) is 5.75 Å². The SMILES string of the molecule is Cc1ccc(C(C)C)cc1OC(C)C(=O)NCc1ccc(S(C)(=O)=O)cc1. The maximum atomic E-state index is 12.3. The molecule has 5 nitrogen and oxygen atoms in total. The van der Waals surface area contributed by atoms with Crippen LogP contribution in [0.2, 0.25) is 0 Å². The summed E-state index contributed by atoms with van der Waals surface area (Å²) in [7, 11) is -3.22. The number of benzene rings is 2. The third-order valence-corrected chi connectivity index (χ3v) is 5.50. The number of rotatable bonds is 7. The van der Waals surface area contributed by atoms with Crippen molar-refractivity contribution >= 4 is 15.7 Å². The Morgan fingerprint density at radius 2 is 1.70 bits per heavy atom. The van der Waals surface area contributed by atoms with Crippen LogP contribution in [0.5, 0.6) is 5.75 Å². The zero-order chi connectivity index (χ0) is 20.2. The van der Waals surface area contributed by atoms with Crippen LogP contribution in [0.25, 0.3) is 0 Å². The molecule has 146 valence electrons. The van der Waals surface area contributed by atoms with E-state index < -0.39 is 15.9 Å². The van der Waals surface area contributed by atoms with Crippen LogP contribution in [0.3, 0.4) is 0 Å². The molecule has 0 saturated carbocycles. The molecular weight excluding hydrogens is 362 g/mol. The van der Waals surface area contributed by atoms with Crippen LogP contribution >= 0.6 is 0 Å². The standard InChI is InChI=1S/C21H27NO4S/c1-14(2)18-9-6-15(3)20(12-18)26-16(4)21(23)22-13-17-7-10-19(11-8-17)27(5,24)25/h6-12,14,16H,13H2,1-5H3,(H,22,23). The van der Waals surface area contributed by atoms with E-state index in [2.05, 4.69) is 25.2 Å². The van der Waals surface area contributed by atoms with Crippen molar-refractivity contribution in [2.45, 2.75) is 51.2 Å². The average molecular weight is 390 g/mol. The second-order valence-corrected chi connectivity index (χ2v) is 9.09. The van der Waals surface area contributed by atoms with Gasteiger partial charge >= 0.3 is 0 Å². The van der Waals surface area contributed by atoms with Gasteiger partial charge in [0.2, 0.25) is 0 Å². The van der Waals surface area contributed by atoms with Crippen molar-refractivity contribution in [2.75, 3.05) is 6.26 Å². The van der Waals surface area contributed by atoms with Gasteiger partial charge in [-0.1, -0.05) is 38.1 Å². The molecule has 0 aromatic heterocycles. The molecule has 0 heterocycles. The zero-order valence-corrected chi connectivity index (χ0v) is 17.3. The van der Waals surface area contributed by atoms with Crippen LogP contribution in [0.1, 0.15) is 43.4 Å². The van der Waals surface area contributed by atoms with Gasteiger partial charge in [-0.25, -0.2) is 8.42 Å². The summed E-state index contributed by atoms with van der Waals surface area (Å²) in [6, 6.07) is 12.5. The van der Waals surface area contributed by atoms with E-state index in [0.717, 1.165) is 16.7 Å². The second kappa shape index (κ2) is 8.57. The number of aryl methyl sites for hydroxylation is 1. The maximum Gasteiger partial charge on any atom is 0.261 e. The van der Waals surface area contributed by atoms with E-state index >= 15 is 0 Å². The van der Waals surface area contributed by atoms with E-state index in [4.69, 9.17) is 4.74 Å². The third kappa shape index (κ3) is 5.82. The molecule has 0 aliphatic rings. The topological polar surface area (TPSA) is 72.5 Å². The molecule has 2 aromatic carbocycles. The van der Waals surface area contributed by atoms with Gasteiger partial charge in [-0.3, -0.25) is 4.79 Å². The lowest BCUT2D eigenvalue weighted by Crippen LogP contribution is -2.36. The largest absolute Gasteiger partial charge is 0.481 e. The molecule has 0 aliphatic heterocycles. The minimum Gasteiger partial charge on any atom is -0.481 e. The summed E-state index contributed by atoms with van der Waals surface area (Å²) in [5.41, 5.74) is 2.96. The Bertz CT molecular complexity index is 902. The summed E-state index contributed by atoms with van der Waals surface area (Å²) < 4.78 is 28.8. The summed E-state index contributed by atoms with van der Waals surface area (Å²) in [6.07, 6.45) is 0.528. The minimum absolute atomic E-state index is 0.225. The fourth-order valence-corrected chi connectivity index (χ4v) is 3.16.